The molecule has 6 heterocycles. The lowest BCUT2D eigenvalue weighted by molar-refractivity contribution is 0.0991. The van der Waals surface area contributed by atoms with Crippen molar-refractivity contribution in [2.75, 3.05) is 43.1 Å². The minimum atomic E-state index is 0.287. The Hall–Kier alpha value is -3.23. The van der Waals surface area contributed by atoms with E-state index in [1.54, 1.807) is 0 Å². The zero-order chi connectivity index (χ0) is 23.1. The number of H-pyrrole nitrogens is 1. The molecular weight excluding hydrogens is 432 g/mol. The molecule has 0 saturated carbocycles. The van der Waals surface area contributed by atoms with Crippen molar-refractivity contribution in [3.8, 4) is 6.07 Å². The lowest BCUT2D eigenvalue weighted by Gasteiger charge is -2.40. The van der Waals surface area contributed by atoms with E-state index in [0.29, 0.717) is 43.5 Å². The molecule has 3 saturated heterocycles. The number of nitriles is 1. The standard InChI is InChI=1S/C23H30N10O/c1-15-13-19(30-29-15)26-23-27-21(31-9-11-34-12-10-31)20-22(28-23)33(14-25-20)18-6-4-16-3-5-17(18)32(16)8-2-7-24/h13-14,16-18H,2-6,8-12H2,1H3,(H2,26,27,28,29,30). The number of ether oxygens (including phenoxy) is 1. The predicted molar refractivity (Wildman–Crippen MR) is 127 cm³/mol. The Morgan fingerprint density at radius 2 is 2.00 bits per heavy atom. The minimum Gasteiger partial charge on any atom is -0.378 e. The van der Waals surface area contributed by atoms with Gasteiger partial charge in [0.15, 0.2) is 22.8 Å². The molecule has 6 rings (SSSR count). The van der Waals surface area contributed by atoms with Crippen LogP contribution in [0.2, 0.25) is 0 Å². The molecule has 0 spiro atoms. The van der Waals surface area contributed by atoms with Gasteiger partial charge in [0.05, 0.1) is 31.7 Å². The highest BCUT2D eigenvalue weighted by atomic mass is 16.5. The van der Waals surface area contributed by atoms with Crippen LogP contribution in [0.25, 0.3) is 11.2 Å². The first-order valence-electron chi connectivity index (χ1n) is 12.2. The zero-order valence-corrected chi connectivity index (χ0v) is 19.4. The molecule has 34 heavy (non-hydrogen) atoms. The summed E-state index contributed by atoms with van der Waals surface area (Å²) in [7, 11) is 0. The fraction of sp³-hybridized carbons (Fsp3) is 0.609. The second-order valence-electron chi connectivity index (χ2n) is 9.44. The third-order valence-electron chi connectivity index (χ3n) is 7.43. The predicted octanol–water partition coefficient (Wildman–Crippen LogP) is 2.52. The molecule has 3 atom stereocenters. The maximum Gasteiger partial charge on any atom is 0.232 e. The van der Waals surface area contributed by atoms with Gasteiger partial charge >= 0.3 is 0 Å². The van der Waals surface area contributed by atoms with E-state index in [0.717, 1.165) is 61.6 Å². The first kappa shape index (κ1) is 21.3. The average Bonchev–Trinajstić information content (AvgIpc) is 3.54. The zero-order valence-electron chi connectivity index (χ0n) is 19.4. The lowest BCUT2D eigenvalue weighted by Crippen LogP contribution is -2.45. The monoisotopic (exact) mass is 462 g/mol. The van der Waals surface area contributed by atoms with Crippen LogP contribution in [0.15, 0.2) is 12.4 Å². The smallest absolute Gasteiger partial charge is 0.232 e. The molecule has 0 radical (unpaired) electrons. The number of morpholine rings is 1. The highest BCUT2D eigenvalue weighted by molar-refractivity contribution is 5.85. The van der Waals surface area contributed by atoms with Gasteiger partial charge < -0.3 is 19.5 Å². The van der Waals surface area contributed by atoms with Crippen LogP contribution in [0.3, 0.4) is 0 Å². The fourth-order valence-electron chi connectivity index (χ4n) is 5.89. The summed E-state index contributed by atoms with van der Waals surface area (Å²) in [6.45, 7) is 5.70. The van der Waals surface area contributed by atoms with Crippen molar-refractivity contribution < 1.29 is 4.74 Å². The normalized spacial score (nSPS) is 25.1. The Morgan fingerprint density at radius 3 is 2.76 bits per heavy atom. The van der Waals surface area contributed by atoms with Crippen molar-refractivity contribution in [1.82, 2.24) is 34.6 Å². The Bertz CT molecular complexity index is 1210. The van der Waals surface area contributed by atoms with E-state index in [9.17, 15) is 0 Å². The number of aryl methyl sites for hydroxylation is 1. The van der Waals surface area contributed by atoms with E-state index >= 15 is 0 Å². The lowest BCUT2D eigenvalue weighted by atomic mass is 9.96. The van der Waals surface area contributed by atoms with Crippen LogP contribution in [0.1, 0.15) is 43.8 Å². The van der Waals surface area contributed by atoms with Crippen molar-refractivity contribution in [1.29, 1.82) is 5.26 Å². The fourth-order valence-corrected chi connectivity index (χ4v) is 5.89. The largest absolute Gasteiger partial charge is 0.378 e. The molecule has 11 nitrogen and oxygen atoms in total. The highest BCUT2D eigenvalue weighted by Gasteiger charge is 2.43. The molecule has 0 aromatic carbocycles. The van der Waals surface area contributed by atoms with Gasteiger partial charge in [0.25, 0.3) is 0 Å². The molecular formula is C23H30N10O. The number of hydrogen-bond acceptors (Lipinski definition) is 9. The van der Waals surface area contributed by atoms with Crippen LogP contribution in [-0.4, -0.2) is 79.5 Å². The van der Waals surface area contributed by atoms with Gasteiger partial charge in [-0.25, -0.2) is 4.98 Å². The van der Waals surface area contributed by atoms with Crippen LogP contribution in [0, 0.1) is 18.3 Å². The SMILES string of the molecule is Cc1cc(Nc2nc(N3CCOCC3)c3ncn(C4CCC5CCC4N5CCC#N)c3n2)n[nH]1. The number of piperidine rings is 1. The Morgan fingerprint density at radius 1 is 1.18 bits per heavy atom. The number of fused-ring (bicyclic) bond motifs is 3. The van der Waals surface area contributed by atoms with Crippen LogP contribution < -0.4 is 10.2 Å². The molecule has 2 bridgehead atoms. The van der Waals surface area contributed by atoms with E-state index in [1.165, 1.54) is 6.42 Å². The van der Waals surface area contributed by atoms with E-state index in [1.807, 2.05) is 19.3 Å². The number of rotatable bonds is 6. The molecule has 178 valence electrons. The Kier molecular flexibility index (Phi) is 5.55. The molecule has 2 N–H and O–H groups in total. The molecule has 0 amide bonds. The summed E-state index contributed by atoms with van der Waals surface area (Å²) < 4.78 is 7.83. The average molecular weight is 463 g/mol. The van der Waals surface area contributed by atoms with E-state index in [2.05, 4.69) is 36.0 Å². The maximum absolute atomic E-state index is 9.15. The first-order chi connectivity index (χ1) is 16.7. The third kappa shape index (κ3) is 3.76. The van der Waals surface area contributed by atoms with Gasteiger partial charge in [-0.2, -0.15) is 20.3 Å². The van der Waals surface area contributed by atoms with Gasteiger partial charge in [-0.1, -0.05) is 0 Å². The van der Waals surface area contributed by atoms with Crippen LogP contribution >= 0.6 is 0 Å². The molecule has 11 heteroatoms. The maximum atomic E-state index is 9.15. The van der Waals surface area contributed by atoms with Crippen molar-refractivity contribution in [2.45, 2.75) is 57.2 Å². The first-order valence-corrected chi connectivity index (χ1v) is 12.2. The second-order valence-corrected chi connectivity index (χ2v) is 9.44. The molecule has 0 aliphatic carbocycles. The summed E-state index contributed by atoms with van der Waals surface area (Å²) in [6, 6.07) is 5.56. The number of aromatic nitrogens is 6. The van der Waals surface area contributed by atoms with Crippen molar-refractivity contribution >= 4 is 28.7 Å². The quantitative estimate of drug-likeness (QED) is 0.568. The number of nitrogens with zero attached hydrogens (tertiary/aromatic N) is 8. The summed E-state index contributed by atoms with van der Waals surface area (Å²) in [6.07, 6.45) is 7.12. The molecule has 3 aliphatic heterocycles. The minimum absolute atomic E-state index is 0.287. The molecule has 3 fully saturated rings. The van der Waals surface area contributed by atoms with Gasteiger partial charge in [0, 0.05) is 49.9 Å². The Labute approximate surface area is 198 Å². The summed E-state index contributed by atoms with van der Waals surface area (Å²) in [5.74, 6) is 2.04. The van der Waals surface area contributed by atoms with Crippen LogP contribution in [-0.2, 0) is 4.74 Å². The van der Waals surface area contributed by atoms with Crippen LogP contribution in [0.4, 0.5) is 17.6 Å². The van der Waals surface area contributed by atoms with Gasteiger partial charge in [-0.3, -0.25) is 10.00 Å². The molecule has 3 aliphatic rings. The highest BCUT2D eigenvalue weighted by Crippen LogP contribution is 2.43. The summed E-state index contributed by atoms with van der Waals surface area (Å²) in [4.78, 5) is 19.4. The Balaban J connectivity index is 1.40. The van der Waals surface area contributed by atoms with Crippen LogP contribution in [0.5, 0.6) is 0 Å². The van der Waals surface area contributed by atoms with Gasteiger partial charge in [-0.15, -0.1) is 0 Å². The second kappa shape index (κ2) is 8.85. The van der Waals surface area contributed by atoms with Crippen molar-refractivity contribution in [3.63, 3.8) is 0 Å². The number of nitrogens with one attached hydrogen (secondary N) is 2. The van der Waals surface area contributed by atoms with E-state index in [4.69, 9.17) is 25.0 Å². The number of imidazole rings is 1. The molecule has 3 aromatic rings. The number of anilines is 3. The number of aromatic amines is 1. The third-order valence-corrected chi connectivity index (χ3v) is 7.43. The van der Waals surface area contributed by atoms with Gasteiger partial charge in [-0.05, 0) is 32.6 Å². The number of hydrogen-bond donors (Lipinski definition) is 2. The van der Waals surface area contributed by atoms with E-state index in [-0.39, 0.29) is 6.04 Å². The van der Waals surface area contributed by atoms with Crippen molar-refractivity contribution in [2.24, 2.45) is 0 Å². The topological polar surface area (TPSA) is 124 Å². The van der Waals surface area contributed by atoms with Crippen molar-refractivity contribution in [3.05, 3.63) is 18.1 Å². The summed E-state index contributed by atoms with van der Waals surface area (Å²) >= 11 is 0. The van der Waals surface area contributed by atoms with Gasteiger partial charge in [0.2, 0.25) is 5.95 Å². The van der Waals surface area contributed by atoms with Gasteiger partial charge in [0.1, 0.15) is 0 Å². The molecule has 3 unspecified atom stereocenters. The van der Waals surface area contributed by atoms with E-state index < -0.39 is 0 Å². The summed E-state index contributed by atoms with van der Waals surface area (Å²) in [5.41, 5.74) is 2.65. The molecule has 3 aromatic heterocycles. The summed E-state index contributed by atoms with van der Waals surface area (Å²) in [5, 5.41) is 19.7.